The minimum Gasteiger partial charge on any atom is -0.309 e. The molecule has 0 bridgehead atoms. The van der Waals surface area contributed by atoms with Crippen LogP contribution in [0, 0.1) is 0 Å². The molecule has 0 fully saturated rings. The molecule has 13 rings (SSSR count). The number of aromatic nitrogens is 4. The summed E-state index contributed by atoms with van der Waals surface area (Å²) in [6.07, 6.45) is 0. The van der Waals surface area contributed by atoms with Crippen molar-refractivity contribution in [3.63, 3.8) is 0 Å². The minimum absolute atomic E-state index is 0.808. The van der Waals surface area contributed by atoms with Crippen molar-refractivity contribution >= 4 is 43.6 Å². The standard InChI is InChI=1S/C64H42N4/c1-5-16-43(17-6-1)47-30-34-60-53(39-47)54-40-48(44-18-7-2-8-19-44)31-35-61(54)67(60)52-25-13-24-51(38-52)57-26-14-27-58(65-57)59-28-15-29-64(66-59)68-62-36-32-49(45-20-9-3-10-21-45)41-55(62)56-42-50(33-37-63(56)68)46-22-11-4-12-23-46/h1-42H. The second kappa shape index (κ2) is 16.4. The Kier molecular flexibility index (Phi) is 9.47. The molecular formula is C64H42N4. The van der Waals surface area contributed by atoms with Gasteiger partial charge in [-0.05, 0) is 129 Å². The van der Waals surface area contributed by atoms with Gasteiger partial charge < -0.3 is 4.57 Å². The Bertz CT molecular complexity index is 3550. The Hall–Kier alpha value is -9.12. The molecule has 4 nitrogen and oxygen atoms in total. The van der Waals surface area contributed by atoms with Crippen LogP contribution in [0.25, 0.3) is 122 Å². The summed E-state index contributed by atoms with van der Waals surface area (Å²) in [7, 11) is 0. The lowest BCUT2D eigenvalue weighted by atomic mass is 10.0. The third kappa shape index (κ3) is 6.86. The smallest absolute Gasteiger partial charge is 0.138 e. The lowest BCUT2D eigenvalue weighted by Crippen LogP contribution is -1.99. The predicted octanol–water partition coefficient (Wildman–Crippen LogP) is 16.7. The van der Waals surface area contributed by atoms with E-state index in [1.165, 1.54) is 66.1 Å². The predicted molar refractivity (Wildman–Crippen MR) is 283 cm³/mol. The molecule has 0 aliphatic rings. The molecule has 4 heterocycles. The van der Waals surface area contributed by atoms with E-state index in [0.717, 1.165) is 56.2 Å². The molecule has 0 saturated heterocycles. The first kappa shape index (κ1) is 39.3. The summed E-state index contributed by atoms with van der Waals surface area (Å²) in [5.74, 6) is 0.842. The number of rotatable bonds is 8. The molecule has 0 aliphatic carbocycles. The Morgan fingerprint density at radius 1 is 0.221 bits per heavy atom. The van der Waals surface area contributed by atoms with Crippen LogP contribution in [0.5, 0.6) is 0 Å². The van der Waals surface area contributed by atoms with Gasteiger partial charge in [-0.3, -0.25) is 4.57 Å². The fourth-order valence-corrected chi connectivity index (χ4v) is 10.0. The Morgan fingerprint density at radius 2 is 0.574 bits per heavy atom. The summed E-state index contributed by atoms with van der Waals surface area (Å²) >= 11 is 0. The summed E-state index contributed by atoms with van der Waals surface area (Å²) in [5.41, 5.74) is 18.7. The lowest BCUT2D eigenvalue weighted by Gasteiger charge is -2.12. The van der Waals surface area contributed by atoms with Crippen LogP contribution in [0.2, 0.25) is 0 Å². The zero-order chi connectivity index (χ0) is 45.0. The number of fused-ring (bicyclic) bond motifs is 6. The summed E-state index contributed by atoms with van der Waals surface area (Å²) in [6.45, 7) is 0. The van der Waals surface area contributed by atoms with Gasteiger partial charge in [0.15, 0.2) is 0 Å². The van der Waals surface area contributed by atoms with Crippen LogP contribution in [0.15, 0.2) is 255 Å². The monoisotopic (exact) mass is 866 g/mol. The zero-order valence-corrected chi connectivity index (χ0v) is 37.0. The van der Waals surface area contributed by atoms with Crippen LogP contribution in [-0.4, -0.2) is 19.1 Å². The fraction of sp³-hybridized carbons (Fsp3) is 0. The lowest BCUT2D eigenvalue weighted by molar-refractivity contribution is 1.08. The molecular weight excluding hydrogens is 825 g/mol. The van der Waals surface area contributed by atoms with Crippen LogP contribution in [0.1, 0.15) is 0 Å². The number of pyridine rings is 2. The zero-order valence-electron chi connectivity index (χ0n) is 37.0. The molecule has 13 aromatic rings. The SMILES string of the molecule is c1ccc(-c2ccc3c(c2)c2cc(-c4ccccc4)ccc2n3-c2cccc(-c3cccc(-c4cccc(-n5c6ccc(-c7ccccc7)cc6c6cc(-c7ccccc7)ccc65)n4)n3)c2)cc1. The van der Waals surface area contributed by atoms with Crippen molar-refractivity contribution < 1.29 is 0 Å². The van der Waals surface area contributed by atoms with Crippen molar-refractivity contribution in [2.24, 2.45) is 0 Å². The molecule has 68 heavy (non-hydrogen) atoms. The van der Waals surface area contributed by atoms with Crippen molar-refractivity contribution in [3.8, 4) is 78.7 Å². The summed E-state index contributed by atoms with van der Waals surface area (Å²) in [6, 6.07) is 91.0. The second-order valence-electron chi connectivity index (χ2n) is 17.4. The highest BCUT2D eigenvalue weighted by atomic mass is 15.1. The molecule has 0 radical (unpaired) electrons. The molecule has 0 N–H and O–H groups in total. The Labute approximate surface area is 394 Å². The van der Waals surface area contributed by atoms with Crippen LogP contribution in [0.3, 0.4) is 0 Å². The average Bonchev–Trinajstić information content (AvgIpc) is 3.93. The molecule has 318 valence electrons. The first-order valence-corrected chi connectivity index (χ1v) is 23.1. The van der Waals surface area contributed by atoms with Crippen LogP contribution >= 0.6 is 0 Å². The van der Waals surface area contributed by atoms with E-state index in [9.17, 15) is 0 Å². The van der Waals surface area contributed by atoms with Crippen LogP contribution in [0.4, 0.5) is 0 Å². The molecule has 0 saturated carbocycles. The van der Waals surface area contributed by atoms with Gasteiger partial charge in [-0.1, -0.05) is 170 Å². The first-order valence-electron chi connectivity index (χ1n) is 23.1. The Morgan fingerprint density at radius 3 is 1.01 bits per heavy atom. The van der Waals surface area contributed by atoms with Crippen molar-refractivity contribution in [3.05, 3.63) is 255 Å². The normalized spacial score (nSPS) is 11.5. The maximum absolute atomic E-state index is 5.36. The Balaban J connectivity index is 0.904. The largest absolute Gasteiger partial charge is 0.309 e. The summed E-state index contributed by atoms with van der Waals surface area (Å²) < 4.78 is 4.69. The van der Waals surface area contributed by atoms with E-state index in [4.69, 9.17) is 9.97 Å². The quantitative estimate of drug-likeness (QED) is 0.153. The van der Waals surface area contributed by atoms with Gasteiger partial charge in [-0.25, -0.2) is 9.97 Å². The molecule has 0 amide bonds. The van der Waals surface area contributed by atoms with E-state index >= 15 is 0 Å². The van der Waals surface area contributed by atoms with E-state index in [1.807, 2.05) is 0 Å². The topological polar surface area (TPSA) is 35.6 Å². The van der Waals surface area contributed by atoms with Gasteiger partial charge in [-0.15, -0.1) is 0 Å². The van der Waals surface area contributed by atoms with Crippen LogP contribution in [-0.2, 0) is 0 Å². The van der Waals surface area contributed by atoms with Gasteiger partial charge in [0.2, 0.25) is 0 Å². The highest BCUT2D eigenvalue weighted by Crippen LogP contribution is 2.40. The number of nitrogens with zero attached hydrogens (tertiary/aromatic N) is 4. The van der Waals surface area contributed by atoms with Crippen molar-refractivity contribution in [1.29, 1.82) is 0 Å². The molecule has 0 atom stereocenters. The van der Waals surface area contributed by atoms with Crippen molar-refractivity contribution in [2.75, 3.05) is 0 Å². The average molecular weight is 867 g/mol. The maximum atomic E-state index is 5.36. The third-order valence-corrected chi connectivity index (χ3v) is 13.3. The van der Waals surface area contributed by atoms with Gasteiger partial charge >= 0.3 is 0 Å². The van der Waals surface area contributed by atoms with E-state index in [2.05, 4.69) is 264 Å². The van der Waals surface area contributed by atoms with Gasteiger partial charge in [0.1, 0.15) is 5.82 Å². The number of hydrogen-bond donors (Lipinski definition) is 0. The van der Waals surface area contributed by atoms with E-state index in [0.29, 0.717) is 0 Å². The highest BCUT2D eigenvalue weighted by Gasteiger charge is 2.18. The molecule has 4 aromatic heterocycles. The van der Waals surface area contributed by atoms with E-state index in [1.54, 1.807) is 0 Å². The van der Waals surface area contributed by atoms with Gasteiger partial charge in [0.25, 0.3) is 0 Å². The minimum atomic E-state index is 0.808. The molecule has 4 heteroatoms. The molecule has 0 aliphatic heterocycles. The number of benzene rings is 9. The second-order valence-corrected chi connectivity index (χ2v) is 17.4. The summed E-state index contributed by atoms with van der Waals surface area (Å²) in [4.78, 5) is 10.7. The van der Waals surface area contributed by atoms with Gasteiger partial charge in [0.05, 0.1) is 39.1 Å². The third-order valence-electron chi connectivity index (χ3n) is 13.3. The molecule has 0 spiro atoms. The molecule has 9 aromatic carbocycles. The van der Waals surface area contributed by atoms with Crippen LogP contribution < -0.4 is 0 Å². The first-order chi connectivity index (χ1) is 33.7. The van der Waals surface area contributed by atoms with Gasteiger partial charge in [-0.2, -0.15) is 0 Å². The fourth-order valence-electron chi connectivity index (χ4n) is 10.0. The van der Waals surface area contributed by atoms with Crippen molar-refractivity contribution in [2.45, 2.75) is 0 Å². The van der Waals surface area contributed by atoms with E-state index in [-0.39, 0.29) is 0 Å². The maximum Gasteiger partial charge on any atom is 0.138 e. The van der Waals surface area contributed by atoms with E-state index < -0.39 is 0 Å². The summed E-state index contributed by atoms with van der Waals surface area (Å²) in [5, 5.41) is 4.80. The number of hydrogen-bond acceptors (Lipinski definition) is 2. The van der Waals surface area contributed by atoms with Crippen molar-refractivity contribution in [1.82, 2.24) is 19.1 Å². The molecule has 0 unspecified atom stereocenters. The van der Waals surface area contributed by atoms with Gasteiger partial charge in [0, 0.05) is 32.8 Å². The highest BCUT2D eigenvalue weighted by molar-refractivity contribution is 6.13.